The number of likely N-dealkylation sites (N-methyl/N-ethyl adjacent to an activating group) is 1. The van der Waals surface area contributed by atoms with Gasteiger partial charge in [-0.1, -0.05) is 20.8 Å². The number of hydrogen-bond acceptors (Lipinski definition) is 3. The number of nitrogens with one attached hydrogen (secondary N) is 3. The van der Waals surface area contributed by atoms with Crippen molar-refractivity contribution in [3.63, 3.8) is 0 Å². The van der Waals surface area contributed by atoms with Gasteiger partial charge in [-0.3, -0.25) is 9.59 Å². The highest BCUT2D eigenvalue weighted by Gasteiger charge is 2.05. The summed E-state index contributed by atoms with van der Waals surface area (Å²) in [6.45, 7) is 7.00. The van der Waals surface area contributed by atoms with E-state index in [2.05, 4.69) is 16.0 Å². The van der Waals surface area contributed by atoms with Gasteiger partial charge in [0.15, 0.2) is 0 Å². The van der Waals surface area contributed by atoms with Gasteiger partial charge < -0.3 is 16.0 Å². The topological polar surface area (TPSA) is 70.2 Å². The molecule has 0 spiro atoms. The van der Waals surface area contributed by atoms with Crippen molar-refractivity contribution in [3.05, 3.63) is 24.3 Å². The van der Waals surface area contributed by atoms with Gasteiger partial charge in [0, 0.05) is 17.8 Å². The van der Waals surface area contributed by atoms with E-state index < -0.39 is 0 Å². The molecule has 0 aliphatic rings. The summed E-state index contributed by atoms with van der Waals surface area (Å²) in [6, 6.07) is 7.10. The first-order valence-electron chi connectivity index (χ1n) is 6.91. The Bertz CT molecular complexity index is 441. The zero-order chi connectivity index (χ0) is 15.0. The Hall–Kier alpha value is -1.88. The molecule has 0 aliphatic carbocycles. The molecule has 1 aromatic carbocycles. The Labute approximate surface area is 120 Å². The molecule has 0 heterocycles. The fourth-order valence-corrected chi connectivity index (χ4v) is 1.66. The summed E-state index contributed by atoms with van der Waals surface area (Å²) in [5.41, 5.74) is 1.45. The molecular weight excluding hydrogens is 254 g/mol. The van der Waals surface area contributed by atoms with E-state index in [0.29, 0.717) is 18.9 Å². The van der Waals surface area contributed by atoms with E-state index in [9.17, 15) is 9.59 Å². The molecule has 3 N–H and O–H groups in total. The maximum absolute atomic E-state index is 11.6. The van der Waals surface area contributed by atoms with Crippen LogP contribution in [0.5, 0.6) is 0 Å². The lowest BCUT2D eigenvalue weighted by molar-refractivity contribution is -0.117. The molecule has 0 saturated heterocycles. The number of anilines is 2. The lowest BCUT2D eigenvalue weighted by Crippen LogP contribution is -2.27. The molecule has 0 saturated carbocycles. The molecule has 0 aromatic heterocycles. The smallest absolute Gasteiger partial charge is 0.238 e. The van der Waals surface area contributed by atoms with Gasteiger partial charge in [0.05, 0.1) is 6.54 Å². The number of carbonyl (C=O) groups is 2. The largest absolute Gasteiger partial charge is 0.326 e. The second-order valence-electron chi connectivity index (χ2n) is 5.05. The summed E-state index contributed by atoms with van der Waals surface area (Å²) in [7, 11) is 0. The average molecular weight is 277 g/mol. The van der Waals surface area contributed by atoms with E-state index in [4.69, 9.17) is 0 Å². The van der Waals surface area contributed by atoms with Crippen molar-refractivity contribution in [2.45, 2.75) is 27.2 Å². The predicted octanol–water partition coefficient (Wildman–Crippen LogP) is 2.22. The van der Waals surface area contributed by atoms with Crippen molar-refractivity contribution in [2.24, 2.45) is 5.92 Å². The van der Waals surface area contributed by atoms with Crippen molar-refractivity contribution < 1.29 is 9.59 Å². The minimum absolute atomic E-state index is 0.00364. The van der Waals surface area contributed by atoms with Gasteiger partial charge >= 0.3 is 0 Å². The molecule has 20 heavy (non-hydrogen) atoms. The van der Waals surface area contributed by atoms with Gasteiger partial charge in [-0.2, -0.15) is 0 Å². The maximum Gasteiger partial charge on any atom is 0.238 e. The van der Waals surface area contributed by atoms with Crippen molar-refractivity contribution in [3.8, 4) is 0 Å². The van der Waals surface area contributed by atoms with Gasteiger partial charge in [0.1, 0.15) is 0 Å². The summed E-state index contributed by atoms with van der Waals surface area (Å²) < 4.78 is 0. The van der Waals surface area contributed by atoms with Crippen LogP contribution in [0.15, 0.2) is 24.3 Å². The first-order valence-corrected chi connectivity index (χ1v) is 6.91. The molecule has 5 nitrogen and oxygen atoms in total. The summed E-state index contributed by atoms with van der Waals surface area (Å²) >= 11 is 0. The van der Waals surface area contributed by atoms with Crippen LogP contribution in [0, 0.1) is 5.92 Å². The van der Waals surface area contributed by atoms with Crippen molar-refractivity contribution in [1.29, 1.82) is 0 Å². The minimum Gasteiger partial charge on any atom is -0.326 e. The third-order valence-electron chi connectivity index (χ3n) is 2.58. The van der Waals surface area contributed by atoms with Gasteiger partial charge in [-0.05, 0) is 36.7 Å². The third-order valence-corrected chi connectivity index (χ3v) is 2.58. The fraction of sp³-hybridized carbons (Fsp3) is 0.467. The molecule has 0 unspecified atom stereocenters. The first kappa shape index (κ1) is 16.2. The van der Waals surface area contributed by atoms with Crippen LogP contribution in [0.3, 0.4) is 0 Å². The van der Waals surface area contributed by atoms with E-state index in [-0.39, 0.29) is 11.8 Å². The normalized spacial score (nSPS) is 10.4. The Morgan fingerprint density at radius 3 is 1.95 bits per heavy atom. The highest BCUT2D eigenvalue weighted by atomic mass is 16.2. The Balaban J connectivity index is 2.47. The van der Waals surface area contributed by atoms with Gasteiger partial charge in [-0.25, -0.2) is 0 Å². The molecule has 1 aromatic rings. The van der Waals surface area contributed by atoms with E-state index in [1.54, 1.807) is 24.3 Å². The summed E-state index contributed by atoms with van der Waals surface area (Å²) in [6.07, 6.45) is 0.501. The standard InChI is InChI=1S/C15H23N3O2/c1-4-16-10-15(20)18-13-7-5-12(6-8-13)17-14(19)9-11(2)3/h5-8,11,16H,4,9-10H2,1-3H3,(H,17,19)(H,18,20). The van der Waals surface area contributed by atoms with Crippen LogP contribution in [0.2, 0.25) is 0 Å². The molecule has 2 amide bonds. The minimum atomic E-state index is -0.0801. The molecule has 0 bridgehead atoms. The average Bonchev–Trinajstić information content (AvgIpc) is 2.37. The van der Waals surface area contributed by atoms with Crippen LogP contribution in [0.4, 0.5) is 11.4 Å². The number of hydrogen-bond donors (Lipinski definition) is 3. The van der Waals surface area contributed by atoms with E-state index in [1.165, 1.54) is 0 Å². The van der Waals surface area contributed by atoms with Crippen LogP contribution in [-0.2, 0) is 9.59 Å². The number of rotatable bonds is 7. The first-order chi connectivity index (χ1) is 9.51. The van der Waals surface area contributed by atoms with E-state index in [0.717, 1.165) is 17.9 Å². The predicted molar refractivity (Wildman–Crippen MR) is 81.7 cm³/mol. The lowest BCUT2D eigenvalue weighted by atomic mass is 10.1. The molecule has 0 atom stereocenters. The molecule has 5 heteroatoms. The summed E-state index contributed by atoms with van der Waals surface area (Å²) in [5.74, 6) is 0.256. The van der Waals surface area contributed by atoms with Crippen molar-refractivity contribution >= 4 is 23.2 Å². The number of amides is 2. The van der Waals surface area contributed by atoms with Crippen LogP contribution in [-0.4, -0.2) is 24.9 Å². The van der Waals surface area contributed by atoms with Crippen LogP contribution >= 0.6 is 0 Å². The highest BCUT2D eigenvalue weighted by Crippen LogP contribution is 2.14. The third kappa shape index (κ3) is 6.33. The Morgan fingerprint density at radius 2 is 1.50 bits per heavy atom. The van der Waals surface area contributed by atoms with Crippen molar-refractivity contribution in [1.82, 2.24) is 5.32 Å². The molecular formula is C15H23N3O2. The van der Waals surface area contributed by atoms with Crippen LogP contribution < -0.4 is 16.0 Å². The van der Waals surface area contributed by atoms with Crippen LogP contribution in [0.25, 0.3) is 0 Å². The Kier molecular flexibility index (Phi) is 6.73. The van der Waals surface area contributed by atoms with Gasteiger partial charge in [-0.15, -0.1) is 0 Å². The number of benzene rings is 1. The Morgan fingerprint density at radius 1 is 1.00 bits per heavy atom. The summed E-state index contributed by atoms with van der Waals surface area (Å²) in [5, 5.41) is 8.55. The zero-order valence-electron chi connectivity index (χ0n) is 12.3. The van der Waals surface area contributed by atoms with Crippen molar-refractivity contribution in [2.75, 3.05) is 23.7 Å². The summed E-state index contributed by atoms with van der Waals surface area (Å²) in [4.78, 5) is 23.1. The molecule has 0 aliphatic heterocycles. The molecule has 110 valence electrons. The highest BCUT2D eigenvalue weighted by molar-refractivity contribution is 5.93. The molecule has 0 fully saturated rings. The second kappa shape index (κ2) is 8.32. The quantitative estimate of drug-likeness (QED) is 0.715. The second-order valence-corrected chi connectivity index (χ2v) is 5.05. The van der Waals surface area contributed by atoms with Gasteiger partial charge in [0.2, 0.25) is 11.8 Å². The monoisotopic (exact) mass is 277 g/mol. The number of carbonyl (C=O) groups excluding carboxylic acids is 2. The zero-order valence-corrected chi connectivity index (χ0v) is 12.3. The van der Waals surface area contributed by atoms with Crippen LogP contribution in [0.1, 0.15) is 27.2 Å². The maximum atomic E-state index is 11.6. The van der Waals surface area contributed by atoms with E-state index in [1.807, 2.05) is 20.8 Å². The molecule has 1 rings (SSSR count). The molecule has 0 radical (unpaired) electrons. The fourth-order valence-electron chi connectivity index (χ4n) is 1.66. The van der Waals surface area contributed by atoms with E-state index >= 15 is 0 Å². The lowest BCUT2D eigenvalue weighted by Gasteiger charge is -2.09. The van der Waals surface area contributed by atoms with Gasteiger partial charge in [0.25, 0.3) is 0 Å². The SMILES string of the molecule is CCNCC(=O)Nc1ccc(NC(=O)CC(C)C)cc1.